The number of nitrogens with one attached hydrogen (secondary N) is 2. The number of likely N-dealkylation sites (tertiary alicyclic amines) is 1. The Balaban J connectivity index is 1.33. The molecular weight excluding hydrogens is 440 g/mol. The Morgan fingerprint density at radius 1 is 1.24 bits per heavy atom. The second-order valence-corrected chi connectivity index (χ2v) is 9.76. The molecule has 3 heterocycles. The summed E-state index contributed by atoms with van der Waals surface area (Å²) in [6, 6.07) is 10.7. The first-order valence-corrected chi connectivity index (χ1v) is 12.2. The number of aromatic carboxylic acids is 1. The number of nitrogens with zero attached hydrogens (tertiary/aromatic N) is 2. The Morgan fingerprint density at radius 2 is 2.03 bits per heavy atom. The second kappa shape index (κ2) is 10.5. The predicted molar refractivity (Wildman–Crippen MR) is 126 cm³/mol. The van der Waals surface area contributed by atoms with Crippen LogP contribution in [0.1, 0.15) is 40.1 Å². The quantitative estimate of drug-likeness (QED) is 0.545. The fourth-order valence-electron chi connectivity index (χ4n) is 4.80. The summed E-state index contributed by atoms with van der Waals surface area (Å²) in [6.07, 6.45) is 1.99. The van der Waals surface area contributed by atoms with Gasteiger partial charge < -0.3 is 15.7 Å². The smallest absolute Gasteiger partial charge is 0.335 e. The zero-order valence-corrected chi connectivity index (χ0v) is 19.5. The molecule has 2 aromatic rings. The van der Waals surface area contributed by atoms with Crippen LogP contribution in [-0.4, -0.2) is 71.0 Å². The number of carbonyl (C=O) groups is 3. The van der Waals surface area contributed by atoms with Crippen LogP contribution >= 0.6 is 11.3 Å². The highest BCUT2D eigenvalue weighted by Crippen LogP contribution is 2.28. The Bertz CT molecular complexity index is 979. The third-order valence-electron chi connectivity index (χ3n) is 6.68. The van der Waals surface area contributed by atoms with Crippen LogP contribution in [0, 0.1) is 0 Å². The molecule has 0 bridgehead atoms. The minimum atomic E-state index is -0.946. The molecule has 4 rings (SSSR count). The van der Waals surface area contributed by atoms with Gasteiger partial charge in [0.1, 0.15) is 6.04 Å². The van der Waals surface area contributed by atoms with Crippen LogP contribution < -0.4 is 10.6 Å². The highest BCUT2D eigenvalue weighted by Gasteiger charge is 2.44. The first-order chi connectivity index (χ1) is 15.9. The Kier molecular flexibility index (Phi) is 7.42. The molecule has 2 saturated heterocycles. The Morgan fingerprint density at radius 3 is 2.73 bits per heavy atom. The van der Waals surface area contributed by atoms with Crippen molar-refractivity contribution in [2.75, 3.05) is 20.1 Å². The zero-order valence-electron chi connectivity index (χ0n) is 18.7. The van der Waals surface area contributed by atoms with E-state index in [-0.39, 0.29) is 35.5 Å². The number of carbonyl (C=O) groups excluding carboxylic acids is 2. The van der Waals surface area contributed by atoms with Gasteiger partial charge in [-0.2, -0.15) is 0 Å². The normalized spacial score (nSPS) is 23.5. The van der Waals surface area contributed by atoms with Crippen molar-refractivity contribution in [1.29, 1.82) is 0 Å². The van der Waals surface area contributed by atoms with E-state index in [2.05, 4.69) is 27.5 Å². The molecular formula is C24H30N4O4S. The Labute approximate surface area is 197 Å². The Hall–Kier alpha value is -2.75. The van der Waals surface area contributed by atoms with E-state index in [0.717, 1.165) is 23.4 Å². The van der Waals surface area contributed by atoms with Gasteiger partial charge in [0.05, 0.1) is 12.1 Å². The molecule has 2 amide bonds. The molecule has 2 aliphatic heterocycles. The summed E-state index contributed by atoms with van der Waals surface area (Å²) in [5, 5.41) is 17.1. The van der Waals surface area contributed by atoms with E-state index in [1.807, 2.05) is 29.6 Å². The summed E-state index contributed by atoms with van der Waals surface area (Å²) >= 11 is 1.63. The lowest BCUT2D eigenvalue weighted by molar-refractivity contribution is -0.126. The maximum atomic E-state index is 13.0. The number of fused-ring (bicyclic) bond motifs is 1. The first-order valence-electron chi connectivity index (χ1n) is 11.3. The van der Waals surface area contributed by atoms with Gasteiger partial charge in [0, 0.05) is 43.0 Å². The number of carboxylic acid groups (broad SMARTS) is 1. The van der Waals surface area contributed by atoms with Gasteiger partial charge in [0.15, 0.2) is 0 Å². The summed E-state index contributed by atoms with van der Waals surface area (Å²) in [6.45, 7) is 2.47. The van der Waals surface area contributed by atoms with Crippen molar-refractivity contribution in [3.63, 3.8) is 0 Å². The number of hydrogen-bond donors (Lipinski definition) is 3. The van der Waals surface area contributed by atoms with Crippen LogP contribution in [-0.2, 0) is 22.7 Å². The van der Waals surface area contributed by atoms with Gasteiger partial charge in [0.25, 0.3) is 0 Å². The van der Waals surface area contributed by atoms with Gasteiger partial charge in [0.2, 0.25) is 11.8 Å². The summed E-state index contributed by atoms with van der Waals surface area (Å²) in [5.74, 6) is -0.892. The van der Waals surface area contributed by atoms with Crippen molar-refractivity contribution in [3.05, 3.63) is 57.8 Å². The molecule has 0 aliphatic carbocycles. The lowest BCUT2D eigenvalue weighted by Crippen LogP contribution is -2.49. The molecule has 3 atom stereocenters. The lowest BCUT2D eigenvalue weighted by Gasteiger charge is -2.33. The molecule has 176 valence electrons. The molecule has 0 saturated carbocycles. The fourth-order valence-corrected chi connectivity index (χ4v) is 5.44. The maximum Gasteiger partial charge on any atom is 0.335 e. The highest BCUT2D eigenvalue weighted by molar-refractivity contribution is 7.09. The van der Waals surface area contributed by atoms with Crippen molar-refractivity contribution in [1.82, 2.24) is 20.4 Å². The third kappa shape index (κ3) is 5.61. The minimum Gasteiger partial charge on any atom is -0.478 e. The average molecular weight is 471 g/mol. The van der Waals surface area contributed by atoms with Crippen LogP contribution in [0.15, 0.2) is 41.8 Å². The summed E-state index contributed by atoms with van der Waals surface area (Å²) in [5.41, 5.74) is 1.24. The largest absolute Gasteiger partial charge is 0.478 e. The molecule has 9 heteroatoms. The molecule has 1 aromatic carbocycles. The van der Waals surface area contributed by atoms with E-state index in [1.165, 1.54) is 0 Å². The average Bonchev–Trinajstić information content (AvgIpc) is 3.45. The SMILES string of the molecule is CN1[C@@H](CCC(=O)NCc2cccs2)CNC(=O)[C@@H]2[C@@H]1CCN2Cc1ccc(C(=O)O)cc1. The van der Waals surface area contributed by atoms with E-state index < -0.39 is 5.97 Å². The number of amides is 2. The van der Waals surface area contributed by atoms with Gasteiger partial charge in [-0.25, -0.2) is 4.79 Å². The van der Waals surface area contributed by atoms with Crippen LogP contribution in [0.5, 0.6) is 0 Å². The van der Waals surface area contributed by atoms with E-state index in [9.17, 15) is 14.4 Å². The predicted octanol–water partition coefficient (Wildman–Crippen LogP) is 1.92. The van der Waals surface area contributed by atoms with Crippen molar-refractivity contribution in [3.8, 4) is 0 Å². The van der Waals surface area contributed by atoms with Crippen LogP contribution in [0.4, 0.5) is 0 Å². The molecule has 2 aliphatic rings. The summed E-state index contributed by atoms with van der Waals surface area (Å²) in [4.78, 5) is 42.0. The topological polar surface area (TPSA) is 102 Å². The number of thiophene rings is 1. The van der Waals surface area contributed by atoms with E-state index in [4.69, 9.17) is 5.11 Å². The lowest BCUT2D eigenvalue weighted by atomic mass is 10.0. The number of likely N-dealkylation sites (N-methyl/N-ethyl adjacent to an activating group) is 1. The molecule has 1 aromatic heterocycles. The molecule has 33 heavy (non-hydrogen) atoms. The van der Waals surface area contributed by atoms with Gasteiger partial charge in [-0.05, 0) is 49.0 Å². The molecule has 0 unspecified atom stereocenters. The van der Waals surface area contributed by atoms with Gasteiger partial charge in [-0.1, -0.05) is 18.2 Å². The van der Waals surface area contributed by atoms with Crippen molar-refractivity contribution < 1.29 is 19.5 Å². The monoisotopic (exact) mass is 470 g/mol. The number of rotatable bonds is 8. The van der Waals surface area contributed by atoms with Crippen LogP contribution in [0.3, 0.4) is 0 Å². The van der Waals surface area contributed by atoms with E-state index in [0.29, 0.717) is 32.5 Å². The maximum absolute atomic E-state index is 13.0. The highest BCUT2D eigenvalue weighted by atomic mass is 32.1. The standard InChI is InChI=1S/C24H30N4O4S/c1-27-18(8-9-21(29)25-14-19-3-2-12-33-19)13-26-23(30)22-20(27)10-11-28(22)15-16-4-6-17(7-5-16)24(31)32/h2-7,12,18,20,22H,8-11,13-15H2,1H3,(H,25,29)(H,26,30)(H,31,32)/t18-,20-,22-/m0/s1. The number of hydrogen-bond acceptors (Lipinski definition) is 6. The molecule has 2 fully saturated rings. The number of carboxylic acids is 1. The first kappa shape index (κ1) is 23.4. The fraction of sp³-hybridized carbons (Fsp3) is 0.458. The molecule has 3 N–H and O–H groups in total. The second-order valence-electron chi connectivity index (χ2n) is 8.73. The van der Waals surface area contributed by atoms with Crippen LogP contribution in [0.25, 0.3) is 0 Å². The zero-order chi connectivity index (χ0) is 23.4. The van der Waals surface area contributed by atoms with Gasteiger partial charge in [-0.15, -0.1) is 11.3 Å². The van der Waals surface area contributed by atoms with Crippen molar-refractivity contribution in [2.45, 2.75) is 50.5 Å². The van der Waals surface area contributed by atoms with Gasteiger partial charge >= 0.3 is 5.97 Å². The van der Waals surface area contributed by atoms with E-state index >= 15 is 0 Å². The van der Waals surface area contributed by atoms with Crippen molar-refractivity contribution in [2.24, 2.45) is 0 Å². The summed E-state index contributed by atoms with van der Waals surface area (Å²) in [7, 11) is 2.05. The third-order valence-corrected chi connectivity index (χ3v) is 7.56. The molecule has 0 radical (unpaired) electrons. The molecule has 0 spiro atoms. The molecule has 8 nitrogen and oxygen atoms in total. The summed E-state index contributed by atoms with van der Waals surface area (Å²) < 4.78 is 0. The van der Waals surface area contributed by atoms with Gasteiger partial charge in [-0.3, -0.25) is 19.4 Å². The number of benzene rings is 1. The minimum absolute atomic E-state index is 0.0242. The van der Waals surface area contributed by atoms with Crippen LogP contribution in [0.2, 0.25) is 0 Å². The van der Waals surface area contributed by atoms with Crippen molar-refractivity contribution >= 4 is 29.1 Å². The van der Waals surface area contributed by atoms with E-state index in [1.54, 1.807) is 23.5 Å².